The van der Waals surface area contributed by atoms with Gasteiger partial charge in [0.1, 0.15) is 5.75 Å². The molecule has 0 atom stereocenters. The topological polar surface area (TPSA) is 70.6 Å². The molecule has 4 nitrogen and oxygen atoms in total. The van der Waals surface area contributed by atoms with Gasteiger partial charge in [-0.05, 0) is 69.5 Å². The van der Waals surface area contributed by atoms with Crippen LogP contribution in [0.1, 0.15) is 5.56 Å². The second-order valence-electron chi connectivity index (χ2n) is 2.56. The SMILES string of the molecule is NC(=S)N/N=C\c1cc(I)cc(I)c1O. The summed E-state index contributed by atoms with van der Waals surface area (Å²) in [5, 5.41) is 13.6. The van der Waals surface area contributed by atoms with E-state index >= 15 is 0 Å². The largest absolute Gasteiger partial charge is 0.506 e. The monoisotopic (exact) mass is 447 g/mol. The lowest BCUT2D eigenvalue weighted by molar-refractivity contribution is 0.470. The molecule has 0 aliphatic carbocycles. The van der Waals surface area contributed by atoms with E-state index in [2.05, 4.69) is 67.9 Å². The van der Waals surface area contributed by atoms with Crippen molar-refractivity contribution < 1.29 is 5.11 Å². The fraction of sp³-hybridized carbons (Fsp3) is 0. The Kier molecular flexibility index (Phi) is 4.99. The average molecular weight is 447 g/mol. The molecule has 0 saturated carbocycles. The number of phenols is 1. The molecule has 0 spiro atoms. The Morgan fingerprint density at radius 3 is 2.80 bits per heavy atom. The van der Waals surface area contributed by atoms with Crippen molar-refractivity contribution in [3.8, 4) is 5.75 Å². The molecule has 0 aliphatic heterocycles. The highest BCUT2D eigenvalue weighted by Gasteiger charge is 2.04. The Balaban J connectivity index is 2.94. The number of benzene rings is 1. The van der Waals surface area contributed by atoms with Crippen molar-refractivity contribution in [1.29, 1.82) is 0 Å². The maximum atomic E-state index is 9.69. The van der Waals surface area contributed by atoms with Crippen molar-refractivity contribution in [1.82, 2.24) is 5.43 Å². The first-order valence-corrected chi connectivity index (χ1v) is 6.34. The third-order valence-electron chi connectivity index (χ3n) is 1.44. The van der Waals surface area contributed by atoms with E-state index < -0.39 is 0 Å². The van der Waals surface area contributed by atoms with Crippen molar-refractivity contribution in [2.45, 2.75) is 0 Å². The van der Waals surface area contributed by atoms with Gasteiger partial charge in [0.05, 0.1) is 9.78 Å². The van der Waals surface area contributed by atoms with E-state index in [-0.39, 0.29) is 10.9 Å². The highest BCUT2D eigenvalue weighted by molar-refractivity contribution is 14.1. The molecule has 0 fully saturated rings. The zero-order valence-electron chi connectivity index (χ0n) is 7.37. The Bertz CT molecular complexity index is 423. The van der Waals surface area contributed by atoms with E-state index in [1.165, 1.54) is 6.21 Å². The second kappa shape index (κ2) is 5.80. The predicted octanol–water partition coefficient (Wildman–Crippen LogP) is 1.77. The van der Waals surface area contributed by atoms with Gasteiger partial charge in [0.25, 0.3) is 0 Å². The third-order valence-corrected chi connectivity index (χ3v) is 2.97. The number of nitrogens with one attached hydrogen (secondary N) is 1. The number of hydrogen-bond acceptors (Lipinski definition) is 3. The number of nitrogens with two attached hydrogens (primary N) is 1. The van der Waals surface area contributed by atoms with Gasteiger partial charge in [-0.15, -0.1) is 0 Å². The second-order valence-corrected chi connectivity index (χ2v) is 5.41. The summed E-state index contributed by atoms with van der Waals surface area (Å²) < 4.78 is 1.79. The minimum atomic E-state index is 0.0889. The minimum Gasteiger partial charge on any atom is -0.506 e. The van der Waals surface area contributed by atoms with E-state index in [1.54, 1.807) is 0 Å². The van der Waals surface area contributed by atoms with Crippen LogP contribution in [0.4, 0.5) is 0 Å². The molecule has 0 aromatic heterocycles. The van der Waals surface area contributed by atoms with Gasteiger partial charge in [-0.1, -0.05) is 0 Å². The molecule has 1 rings (SSSR count). The van der Waals surface area contributed by atoms with Crippen LogP contribution < -0.4 is 11.2 Å². The summed E-state index contributed by atoms with van der Waals surface area (Å²) in [6.07, 6.45) is 1.47. The van der Waals surface area contributed by atoms with Crippen LogP contribution in [-0.4, -0.2) is 16.4 Å². The van der Waals surface area contributed by atoms with E-state index in [9.17, 15) is 5.11 Å². The Hall–Kier alpha value is -0.160. The molecule has 0 aliphatic rings. The van der Waals surface area contributed by atoms with Crippen LogP contribution in [0.25, 0.3) is 0 Å². The number of aromatic hydroxyl groups is 1. The summed E-state index contributed by atoms with van der Waals surface area (Å²) in [5.41, 5.74) is 8.24. The van der Waals surface area contributed by atoms with Crippen LogP contribution in [0.5, 0.6) is 5.75 Å². The molecule has 0 heterocycles. The lowest BCUT2D eigenvalue weighted by atomic mass is 10.2. The molecule has 15 heavy (non-hydrogen) atoms. The molecule has 80 valence electrons. The van der Waals surface area contributed by atoms with E-state index in [4.69, 9.17) is 5.73 Å². The van der Waals surface area contributed by atoms with Crippen molar-refractivity contribution in [3.63, 3.8) is 0 Å². The number of hydrazone groups is 1. The summed E-state index contributed by atoms with van der Waals surface area (Å²) in [6, 6.07) is 3.68. The summed E-state index contributed by atoms with van der Waals surface area (Å²) >= 11 is 8.80. The van der Waals surface area contributed by atoms with E-state index in [0.29, 0.717) is 5.56 Å². The molecule has 0 radical (unpaired) electrons. The standard InChI is InChI=1S/C8H7I2N3OS/c9-5-1-4(3-12-13-8(11)15)7(14)6(10)2-5/h1-3,14H,(H3,11,13,15)/b12-3-. The van der Waals surface area contributed by atoms with Crippen LogP contribution in [0, 0.1) is 7.14 Å². The van der Waals surface area contributed by atoms with Crippen LogP contribution in [0.2, 0.25) is 0 Å². The normalized spacial score (nSPS) is 10.5. The number of hydrogen-bond donors (Lipinski definition) is 3. The van der Waals surface area contributed by atoms with Gasteiger partial charge in [-0.25, -0.2) is 0 Å². The number of rotatable bonds is 2. The summed E-state index contributed by atoms with van der Waals surface area (Å²) in [6.45, 7) is 0. The minimum absolute atomic E-state index is 0.0889. The fourth-order valence-corrected chi connectivity index (χ4v) is 2.79. The zero-order chi connectivity index (χ0) is 11.4. The first-order chi connectivity index (χ1) is 7.00. The fourth-order valence-electron chi connectivity index (χ4n) is 0.850. The number of thiocarbonyl (C=S) groups is 1. The van der Waals surface area contributed by atoms with Gasteiger partial charge in [-0.3, -0.25) is 5.43 Å². The highest BCUT2D eigenvalue weighted by atomic mass is 127. The molecule has 0 amide bonds. The van der Waals surface area contributed by atoms with Crippen LogP contribution in [-0.2, 0) is 0 Å². The van der Waals surface area contributed by atoms with Gasteiger partial charge in [0, 0.05) is 9.13 Å². The predicted molar refractivity (Wildman–Crippen MR) is 81.1 cm³/mol. The average Bonchev–Trinajstić information content (AvgIpc) is 2.12. The molecular formula is C8H7I2N3OS. The van der Waals surface area contributed by atoms with Gasteiger partial charge in [-0.2, -0.15) is 5.10 Å². The lowest BCUT2D eigenvalue weighted by Gasteiger charge is -2.02. The van der Waals surface area contributed by atoms with Gasteiger partial charge in [0.15, 0.2) is 5.11 Å². The van der Waals surface area contributed by atoms with Crippen molar-refractivity contribution >= 4 is 68.7 Å². The maximum absolute atomic E-state index is 9.69. The van der Waals surface area contributed by atoms with Crippen LogP contribution >= 0.6 is 57.4 Å². The first-order valence-electron chi connectivity index (χ1n) is 3.77. The van der Waals surface area contributed by atoms with E-state index in [1.807, 2.05) is 12.1 Å². The van der Waals surface area contributed by atoms with Crippen molar-refractivity contribution in [2.24, 2.45) is 10.8 Å². The molecule has 1 aromatic carbocycles. The van der Waals surface area contributed by atoms with Crippen LogP contribution in [0.15, 0.2) is 17.2 Å². The summed E-state index contributed by atoms with van der Waals surface area (Å²) in [4.78, 5) is 0. The van der Waals surface area contributed by atoms with Crippen molar-refractivity contribution in [3.05, 3.63) is 24.8 Å². The smallest absolute Gasteiger partial charge is 0.184 e. The molecule has 0 unspecified atom stereocenters. The van der Waals surface area contributed by atoms with Crippen molar-refractivity contribution in [2.75, 3.05) is 0 Å². The third kappa shape index (κ3) is 4.07. The highest BCUT2D eigenvalue weighted by Crippen LogP contribution is 2.25. The Morgan fingerprint density at radius 2 is 2.20 bits per heavy atom. The molecule has 4 N–H and O–H groups in total. The lowest BCUT2D eigenvalue weighted by Crippen LogP contribution is -2.24. The number of nitrogens with zero attached hydrogens (tertiary/aromatic N) is 1. The zero-order valence-corrected chi connectivity index (χ0v) is 12.5. The maximum Gasteiger partial charge on any atom is 0.184 e. The first kappa shape index (κ1) is 12.9. The molecule has 0 bridgehead atoms. The van der Waals surface area contributed by atoms with Gasteiger partial charge < -0.3 is 10.8 Å². The van der Waals surface area contributed by atoms with Crippen LogP contribution in [0.3, 0.4) is 0 Å². The number of halogens is 2. The summed E-state index contributed by atoms with van der Waals surface area (Å²) in [5.74, 6) is 0.199. The Morgan fingerprint density at radius 1 is 1.53 bits per heavy atom. The Labute approximate surface area is 120 Å². The van der Waals surface area contributed by atoms with Gasteiger partial charge in [0.2, 0.25) is 0 Å². The van der Waals surface area contributed by atoms with Gasteiger partial charge >= 0.3 is 0 Å². The molecule has 0 saturated heterocycles. The molecule has 1 aromatic rings. The molecule has 7 heteroatoms. The molecular weight excluding hydrogens is 440 g/mol. The summed E-state index contributed by atoms with van der Waals surface area (Å²) in [7, 11) is 0. The number of phenolic OH excluding ortho intramolecular Hbond substituents is 1. The quantitative estimate of drug-likeness (QED) is 0.280. The van der Waals surface area contributed by atoms with E-state index in [0.717, 1.165) is 7.14 Å².